The van der Waals surface area contributed by atoms with Crippen molar-refractivity contribution in [1.82, 2.24) is 4.90 Å². The number of halogens is 1. The molecule has 0 spiro atoms. The molecule has 0 atom stereocenters. The van der Waals surface area contributed by atoms with Crippen LogP contribution < -0.4 is 0 Å². The zero-order valence-corrected chi connectivity index (χ0v) is 6.32. The summed E-state index contributed by atoms with van der Waals surface area (Å²) in [5, 5.41) is 0. The molecule has 0 N–H and O–H groups in total. The van der Waals surface area contributed by atoms with Crippen LogP contribution >= 0.6 is 0 Å². The average molecular weight is 135 g/mol. The van der Waals surface area contributed by atoms with Gasteiger partial charge in [0.2, 0.25) is 0 Å². The molecular weight excluding hydrogens is 117 g/mol. The third-order valence-electron chi connectivity index (χ3n) is 1.79. The Morgan fingerprint density at radius 1 is 1.56 bits per heavy atom. The summed E-state index contributed by atoms with van der Waals surface area (Å²) in [6.45, 7) is 7.59. The standard InChI is InChI=1S/C7H14FN.H2/c1-7(2,3)9-4-6(8)5-9;/h6H,4-5H2,1-3H3;1H/i;1+1D. The van der Waals surface area contributed by atoms with Gasteiger partial charge in [0.1, 0.15) is 6.17 Å². The van der Waals surface area contributed by atoms with E-state index in [9.17, 15) is 4.39 Å². The van der Waals surface area contributed by atoms with Crippen LogP contribution in [-0.4, -0.2) is 29.7 Å². The normalized spacial score (nSPS) is 24.9. The van der Waals surface area contributed by atoms with Gasteiger partial charge in [0.25, 0.3) is 0 Å². The summed E-state index contributed by atoms with van der Waals surface area (Å²) in [6.07, 6.45) is -0.566. The Morgan fingerprint density at radius 3 is 2.11 bits per heavy atom. The minimum atomic E-state index is -0.566. The van der Waals surface area contributed by atoms with E-state index in [1.807, 2.05) is 0 Å². The molecule has 0 aliphatic carbocycles. The van der Waals surface area contributed by atoms with Crippen molar-refractivity contribution in [2.75, 3.05) is 13.1 Å². The van der Waals surface area contributed by atoms with E-state index in [-0.39, 0.29) is 5.54 Å². The molecule has 1 heterocycles. The number of nitrogens with zero attached hydrogens (tertiary/aromatic N) is 1. The first kappa shape index (κ1) is 5.66. The molecule has 0 amide bonds. The molecule has 1 nitrogen and oxygen atoms in total. The molecule has 0 bridgehead atoms. The summed E-state index contributed by atoms with van der Waals surface area (Å²) >= 11 is 0. The highest BCUT2D eigenvalue weighted by Gasteiger charge is 2.33. The minimum absolute atomic E-state index is 0.169. The Labute approximate surface area is 58.9 Å². The summed E-state index contributed by atoms with van der Waals surface area (Å²) < 4.78 is 22.3. The topological polar surface area (TPSA) is 3.24 Å². The van der Waals surface area contributed by atoms with Gasteiger partial charge in [-0.2, -0.15) is 0 Å². The second kappa shape index (κ2) is 1.94. The molecule has 0 aromatic rings. The van der Waals surface area contributed by atoms with Gasteiger partial charge in [-0.05, 0) is 20.8 Å². The molecule has 2 heteroatoms. The SMILES string of the molecule is CC(C)(C)N1CC(F)C1.[2H][2H]. The number of hydrogen-bond acceptors (Lipinski definition) is 1. The zero-order chi connectivity index (χ0) is 9.07. The molecule has 0 saturated carbocycles. The lowest BCUT2D eigenvalue weighted by Gasteiger charge is -2.44. The monoisotopic (exact) mass is 135 g/mol. The Hall–Kier alpha value is -0.110. The van der Waals surface area contributed by atoms with E-state index in [4.69, 9.17) is 2.97 Å². The molecule has 0 aromatic carbocycles. The maximum Gasteiger partial charge on any atom is 0.125 e. The molecule has 1 fully saturated rings. The maximum atomic E-state index is 12.3. The van der Waals surface area contributed by atoms with Gasteiger partial charge in [-0.15, -0.1) is 0 Å². The third-order valence-corrected chi connectivity index (χ3v) is 1.79. The molecule has 9 heavy (non-hydrogen) atoms. The van der Waals surface area contributed by atoms with E-state index >= 15 is 0 Å². The van der Waals surface area contributed by atoms with Gasteiger partial charge in [-0.1, -0.05) is 0 Å². The van der Waals surface area contributed by atoms with E-state index in [2.05, 4.69) is 25.7 Å². The van der Waals surface area contributed by atoms with Crippen LogP contribution in [0.15, 0.2) is 0 Å². The second-order valence-corrected chi connectivity index (χ2v) is 3.67. The number of likely N-dealkylation sites (tertiary alicyclic amines) is 1. The lowest BCUT2D eigenvalue weighted by molar-refractivity contribution is -0.00481. The summed E-state index contributed by atoms with van der Waals surface area (Å²) in [6, 6.07) is 0. The first-order valence-electron chi connectivity index (χ1n) is 4.39. The quantitative estimate of drug-likeness (QED) is 0.488. The summed E-state index contributed by atoms with van der Waals surface area (Å²) in [4.78, 5) is 2.14. The van der Waals surface area contributed by atoms with E-state index in [0.29, 0.717) is 13.1 Å². The van der Waals surface area contributed by atoms with E-state index in [1.165, 1.54) is 0 Å². The Bertz CT molecular complexity index is 107. The Balaban J connectivity index is 0.000000461. The number of hydrogen-bond donors (Lipinski definition) is 0. The molecule has 1 rings (SSSR count). The molecule has 1 saturated heterocycles. The molecule has 0 unspecified atom stereocenters. The van der Waals surface area contributed by atoms with Crippen molar-refractivity contribution in [3.05, 3.63) is 0 Å². The van der Waals surface area contributed by atoms with Gasteiger partial charge in [0, 0.05) is 21.6 Å². The van der Waals surface area contributed by atoms with Crippen molar-refractivity contribution in [2.24, 2.45) is 0 Å². The third kappa shape index (κ3) is 1.42. The van der Waals surface area contributed by atoms with Crippen molar-refractivity contribution in [1.29, 1.82) is 0 Å². The number of alkyl halides is 1. The molecule has 0 aromatic heterocycles. The van der Waals surface area contributed by atoms with Gasteiger partial charge in [0.15, 0.2) is 0 Å². The van der Waals surface area contributed by atoms with Gasteiger partial charge < -0.3 is 0 Å². The minimum Gasteiger partial charge on any atom is -0.293 e. The smallest absolute Gasteiger partial charge is 0.125 e. The van der Waals surface area contributed by atoms with Crippen molar-refractivity contribution in [3.8, 4) is 0 Å². The van der Waals surface area contributed by atoms with Crippen molar-refractivity contribution in [3.63, 3.8) is 0 Å². The van der Waals surface area contributed by atoms with Crippen molar-refractivity contribution < 1.29 is 7.36 Å². The fourth-order valence-corrected chi connectivity index (χ4v) is 0.973. The molecule has 56 valence electrons. The molecule has 1 aliphatic rings. The van der Waals surface area contributed by atoms with Crippen molar-refractivity contribution in [2.45, 2.75) is 32.5 Å². The van der Waals surface area contributed by atoms with Crippen LogP contribution in [0.2, 0.25) is 0 Å². The summed E-state index contributed by atoms with van der Waals surface area (Å²) in [7, 11) is 0. The van der Waals surface area contributed by atoms with Crippen LogP contribution in [-0.2, 0) is 0 Å². The van der Waals surface area contributed by atoms with Gasteiger partial charge in [0.05, 0.1) is 0 Å². The Kier molecular flexibility index (Phi) is 1.22. The number of rotatable bonds is 0. The van der Waals surface area contributed by atoms with Crippen LogP contribution in [0.4, 0.5) is 4.39 Å². The summed E-state index contributed by atoms with van der Waals surface area (Å²) in [5.74, 6) is 0. The van der Waals surface area contributed by atoms with E-state index in [0.717, 1.165) is 0 Å². The first-order chi connectivity index (χ1) is 5.00. The van der Waals surface area contributed by atoms with E-state index in [1.54, 1.807) is 0 Å². The molecule has 1 aliphatic heterocycles. The van der Waals surface area contributed by atoms with Crippen molar-refractivity contribution >= 4 is 0 Å². The van der Waals surface area contributed by atoms with Crippen LogP contribution in [0.5, 0.6) is 0 Å². The predicted octanol–water partition coefficient (Wildman–Crippen LogP) is 1.68. The average Bonchev–Trinajstić information content (AvgIpc) is 1.84. The largest absolute Gasteiger partial charge is 0.293 e. The van der Waals surface area contributed by atoms with Crippen LogP contribution in [0.25, 0.3) is 0 Å². The van der Waals surface area contributed by atoms with Gasteiger partial charge in [-0.25, -0.2) is 4.39 Å². The molecular formula is C7H16FN. The fourth-order valence-electron chi connectivity index (χ4n) is 0.973. The lowest BCUT2D eigenvalue weighted by atomic mass is 10.0. The van der Waals surface area contributed by atoms with Gasteiger partial charge in [-0.3, -0.25) is 4.90 Å². The highest BCUT2D eigenvalue weighted by Crippen LogP contribution is 2.22. The summed E-state index contributed by atoms with van der Waals surface area (Å²) in [5.41, 5.74) is 0.169. The second-order valence-electron chi connectivity index (χ2n) is 3.67. The highest BCUT2D eigenvalue weighted by molar-refractivity contribution is 4.88. The van der Waals surface area contributed by atoms with Crippen LogP contribution in [0.3, 0.4) is 0 Å². The zero-order valence-electron chi connectivity index (χ0n) is 8.32. The highest BCUT2D eigenvalue weighted by atomic mass is 19.1. The Morgan fingerprint density at radius 2 is 2.00 bits per heavy atom. The lowest BCUT2D eigenvalue weighted by Crippen LogP contribution is -2.57. The van der Waals surface area contributed by atoms with Gasteiger partial charge >= 0.3 is 0 Å². The first-order valence-corrected chi connectivity index (χ1v) is 3.39. The van der Waals surface area contributed by atoms with Crippen LogP contribution in [0.1, 0.15) is 23.7 Å². The molecule has 0 radical (unpaired) electrons. The van der Waals surface area contributed by atoms with E-state index < -0.39 is 6.17 Å². The fraction of sp³-hybridized carbons (Fsp3) is 1.00. The predicted molar refractivity (Wildman–Crippen MR) is 38.3 cm³/mol. The maximum absolute atomic E-state index is 12.3. The van der Waals surface area contributed by atoms with Crippen LogP contribution in [0, 0.1) is 0 Å².